The number of aryl methyl sites for hydroxylation is 1. The molecule has 104 valence electrons. The van der Waals surface area contributed by atoms with Gasteiger partial charge in [-0.3, -0.25) is 14.9 Å². The fourth-order valence-corrected chi connectivity index (χ4v) is 2.75. The van der Waals surface area contributed by atoms with Crippen molar-refractivity contribution in [3.8, 4) is 0 Å². The molecule has 0 unspecified atom stereocenters. The highest BCUT2D eigenvalue weighted by atomic mass is 35.5. The molecule has 1 aromatic heterocycles. The van der Waals surface area contributed by atoms with Gasteiger partial charge in [0.15, 0.2) is 0 Å². The first-order valence-corrected chi connectivity index (χ1v) is 7.00. The number of nitrogens with one attached hydrogen (secondary N) is 1. The van der Waals surface area contributed by atoms with Crippen LogP contribution in [0.4, 0.5) is 5.69 Å². The monoisotopic (exact) mass is 310 g/mol. The summed E-state index contributed by atoms with van der Waals surface area (Å²) in [5.41, 5.74) is 1.21. The Morgan fingerprint density at radius 1 is 1.45 bits per heavy atom. The van der Waals surface area contributed by atoms with Gasteiger partial charge >= 0.3 is 0 Å². The minimum atomic E-state index is -0.553. The van der Waals surface area contributed by atoms with Crippen molar-refractivity contribution in [3.05, 3.63) is 60.8 Å². The molecule has 0 aliphatic rings. The van der Waals surface area contributed by atoms with E-state index in [1.807, 2.05) is 18.4 Å². The number of hydrogen-bond donors (Lipinski definition) is 1. The van der Waals surface area contributed by atoms with Gasteiger partial charge in [0, 0.05) is 17.0 Å². The lowest BCUT2D eigenvalue weighted by Crippen LogP contribution is -2.23. The number of non-ortho nitro benzene ring substituents is 1. The van der Waals surface area contributed by atoms with Crippen LogP contribution in [0.15, 0.2) is 29.6 Å². The zero-order chi connectivity index (χ0) is 14.7. The zero-order valence-electron chi connectivity index (χ0n) is 10.6. The van der Waals surface area contributed by atoms with Crippen molar-refractivity contribution in [1.82, 2.24) is 5.32 Å². The molecule has 0 bridgehead atoms. The van der Waals surface area contributed by atoms with E-state index < -0.39 is 4.92 Å². The first-order valence-electron chi connectivity index (χ1n) is 5.74. The third kappa shape index (κ3) is 3.15. The number of halogens is 1. The van der Waals surface area contributed by atoms with E-state index in [9.17, 15) is 14.9 Å². The lowest BCUT2D eigenvalue weighted by atomic mass is 10.2. The first-order chi connectivity index (χ1) is 9.49. The number of carbonyl (C=O) groups is 1. The molecular formula is C13H11ClN2O3S. The van der Waals surface area contributed by atoms with E-state index >= 15 is 0 Å². The molecule has 0 spiro atoms. The molecule has 0 atom stereocenters. The molecule has 0 fully saturated rings. The molecule has 0 radical (unpaired) electrons. The Morgan fingerprint density at radius 2 is 2.20 bits per heavy atom. The highest BCUT2D eigenvalue weighted by molar-refractivity contribution is 7.10. The number of hydrogen-bond acceptors (Lipinski definition) is 4. The second-order valence-corrected chi connectivity index (χ2v) is 5.54. The summed E-state index contributed by atoms with van der Waals surface area (Å²) in [4.78, 5) is 23.1. The van der Waals surface area contributed by atoms with Crippen LogP contribution in [0.1, 0.15) is 20.8 Å². The predicted molar refractivity (Wildman–Crippen MR) is 78.3 cm³/mol. The number of nitro benzene ring substituents is 1. The van der Waals surface area contributed by atoms with Crippen LogP contribution in [0.2, 0.25) is 5.02 Å². The highest BCUT2D eigenvalue weighted by Gasteiger charge is 2.15. The molecule has 0 aliphatic heterocycles. The Bertz CT molecular complexity index is 669. The zero-order valence-corrected chi connectivity index (χ0v) is 12.1. The summed E-state index contributed by atoms with van der Waals surface area (Å²) in [7, 11) is 0. The fourth-order valence-electron chi connectivity index (χ4n) is 1.64. The molecule has 7 heteroatoms. The summed E-state index contributed by atoms with van der Waals surface area (Å²) in [6.07, 6.45) is 0. The minimum absolute atomic E-state index is 0.0691. The molecule has 5 nitrogen and oxygen atoms in total. The number of carbonyl (C=O) groups excluding carboxylic acids is 1. The molecule has 1 heterocycles. The van der Waals surface area contributed by atoms with Crippen LogP contribution in [0.3, 0.4) is 0 Å². The van der Waals surface area contributed by atoms with E-state index in [4.69, 9.17) is 11.6 Å². The Kier molecular flexibility index (Phi) is 4.36. The molecule has 1 aromatic carbocycles. The molecule has 2 aromatic rings. The van der Waals surface area contributed by atoms with Gasteiger partial charge < -0.3 is 5.32 Å². The van der Waals surface area contributed by atoms with Gasteiger partial charge in [-0.15, -0.1) is 11.3 Å². The largest absolute Gasteiger partial charge is 0.347 e. The number of amides is 1. The van der Waals surface area contributed by atoms with Gasteiger partial charge in [-0.25, -0.2) is 0 Å². The Balaban J connectivity index is 2.10. The molecule has 0 saturated heterocycles. The van der Waals surface area contributed by atoms with Crippen molar-refractivity contribution >= 4 is 34.5 Å². The quantitative estimate of drug-likeness (QED) is 0.693. The van der Waals surface area contributed by atoms with Gasteiger partial charge in [0.1, 0.15) is 0 Å². The number of thiophene rings is 1. The van der Waals surface area contributed by atoms with E-state index in [1.54, 1.807) is 11.3 Å². The SMILES string of the molecule is Cc1ccsc1CNC(=O)c1ccc([N+](=O)[O-])cc1Cl. The topological polar surface area (TPSA) is 72.2 Å². The van der Waals surface area contributed by atoms with Crippen molar-refractivity contribution < 1.29 is 9.72 Å². The van der Waals surface area contributed by atoms with Crippen LogP contribution in [0.5, 0.6) is 0 Å². The molecule has 0 aliphatic carbocycles. The molecule has 1 amide bonds. The third-order valence-electron chi connectivity index (χ3n) is 2.79. The van der Waals surface area contributed by atoms with E-state index in [2.05, 4.69) is 5.32 Å². The summed E-state index contributed by atoms with van der Waals surface area (Å²) in [6, 6.07) is 5.77. The van der Waals surface area contributed by atoms with E-state index in [0.717, 1.165) is 10.4 Å². The molecule has 20 heavy (non-hydrogen) atoms. The smallest absolute Gasteiger partial charge is 0.270 e. The van der Waals surface area contributed by atoms with Crippen molar-refractivity contribution in [3.63, 3.8) is 0 Å². The summed E-state index contributed by atoms with van der Waals surface area (Å²) in [5, 5.41) is 15.4. The van der Waals surface area contributed by atoms with Crippen molar-refractivity contribution in [2.75, 3.05) is 0 Å². The van der Waals surface area contributed by atoms with E-state index in [0.29, 0.717) is 6.54 Å². The minimum Gasteiger partial charge on any atom is -0.347 e. The molecule has 0 saturated carbocycles. The summed E-state index contributed by atoms with van der Waals surface area (Å²) < 4.78 is 0. The number of benzene rings is 1. The summed E-state index contributed by atoms with van der Waals surface area (Å²) in [5.74, 6) is -0.349. The van der Waals surface area contributed by atoms with Crippen molar-refractivity contribution in [2.45, 2.75) is 13.5 Å². The van der Waals surface area contributed by atoms with E-state index in [-0.39, 0.29) is 22.2 Å². The van der Waals surface area contributed by atoms with Crippen LogP contribution < -0.4 is 5.32 Å². The molecule has 1 N–H and O–H groups in total. The second-order valence-electron chi connectivity index (χ2n) is 4.13. The van der Waals surface area contributed by atoms with E-state index in [1.165, 1.54) is 18.2 Å². The Hall–Kier alpha value is -1.92. The second kappa shape index (κ2) is 6.02. The van der Waals surface area contributed by atoms with Gasteiger partial charge in [0.25, 0.3) is 11.6 Å². The van der Waals surface area contributed by atoms with Gasteiger partial charge in [-0.2, -0.15) is 0 Å². The number of nitro groups is 1. The average Bonchev–Trinajstić information content (AvgIpc) is 2.81. The molecular weight excluding hydrogens is 300 g/mol. The average molecular weight is 311 g/mol. The van der Waals surface area contributed by atoms with Crippen molar-refractivity contribution in [1.29, 1.82) is 0 Å². The maximum Gasteiger partial charge on any atom is 0.270 e. The Morgan fingerprint density at radius 3 is 2.75 bits per heavy atom. The van der Waals surface area contributed by atoms with Crippen LogP contribution in [-0.2, 0) is 6.54 Å². The Labute approximate surface area is 124 Å². The number of nitrogens with zero attached hydrogens (tertiary/aromatic N) is 1. The maximum atomic E-state index is 12.0. The van der Waals surface area contributed by atoms with Crippen molar-refractivity contribution in [2.24, 2.45) is 0 Å². The third-order valence-corrected chi connectivity index (χ3v) is 4.12. The summed E-state index contributed by atoms with van der Waals surface area (Å²) in [6.45, 7) is 2.38. The lowest BCUT2D eigenvalue weighted by Gasteiger charge is -2.06. The van der Waals surface area contributed by atoms with Gasteiger partial charge in [-0.1, -0.05) is 11.6 Å². The van der Waals surface area contributed by atoms with Crippen LogP contribution in [0.25, 0.3) is 0 Å². The lowest BCUT2D eigenvalue weighted by molar-refractivity contribution is -0.384. The normalized spacial score (nSPS) is 10.3. The van der Waals surface area contributed by atoms with Crippen LogP contribution >= 0.6 is 22.9 Å². The number of rotatable bonds is 4. The van der Waals surface area contributed by atoms with Gasteiger partial charge in [0.05, 0.1) is 22.1 Å². The predicted octanol–water partition coefficient (Wildman–Crippen LogP) is 3.55. The standard InChI is InChI=1S/C13H11ClN2O3S/c1-8-4-5-20-12(8)7-15-13(17)10-3-2-9(16(18)19)6-11(10)14/h2-6H,7H2,1H3,(H,15,17). The summed E-state index contributed by atoms with van der Waals surface area (Å²) >= 11 is 7.46. The van der Waals surface area contributed by atoms with Gasteiger partial charge in [-0.05, 0) is 30.0 Å². The fraction of sp³-hybridized carbons (Fsp3) is 0.154. The van der Waals surface area contributed by atoms with Crippen LogP contribution in [-0.4, -0.2) is 10.8 Å². The van der Waals surface area contributed by atoms with Gasteiger partial charge in [0.2, 0.25) is 0 Å². The highest BCUT2D eigenvalue weighted by Crippen LogP contribution is 2.22. The van der Waals surface area contributed by atoms with Crippen LogP contribution in [0, 0.1) is 17.0 Å². The maximum absolute atomic E-state index is 12.0. The first kappa shape index (κ1) is 14.5. The molecule has 2 rings (SSSR count).